The van der Waals surface area contributed by atoms with Crippen molar-refractivity contribution in [2.75, 3.05) is 43.9 Å². The van der Waals surface area contributed by atoms with E-state index in [0.717, 1.165) is 49.0 Å². The summed E-state index contributed by atoms with van der Waals surface area (Å²) in [5.74, 6) is -0.310. The first-order valence-electron chi connectivity index (χ1n) is 9.53. The molecule has 0 unspecified atom stereocenters. The molecule has 0 radical (unpaired) electrons. The fourth-order valence-electron chi connectivity index (χ4n) is 3.25. The van der Waals surface area contributed by atoms with E-state index in [1.807, 2.05) is 12.1 Å². The zero-order chi connectivity index (χ0) is 20.9. The van der Waals surface area contributed by atoms with Crippen LogP contribution >= 0.6 is 0 Å². The number of para-hydroxylation sites is 1. The third kappa shape index (κ3) is 5.79. The van der Waals surface area contributed by atoms with Crippen LogP contribution in [0.25, 0.3) is 0 Å². The molecule has 1 heterocycles. The van der Waals surface area contributed by atoms with Gasteiger partial charge in [-0.2, -0.15) is 0 Å². The van der Waals surface area contributed by atoms with Gasteiger partial charge in [0.05, 0.1) is 30.7 Å². The van der Waals surface area contributed by atoms with Crippen LogP contribution in [0.1, 0.15) is 21.5 Å². The van der Waals surface area contributed by atoms with Crippen molar-refractivity contribution in [1.29, 1.82) is 0 Å². The number of sulfonamides is 1. The van der Waals surface area contributed by atoms with Crippen LogP contribution in [0, 0.1) is 0 Å². The first kappa shape index (κ1) is 21.3. The van der Waals surface area contributed by atoms with Gasteiger partial charge in [-0.1, -0.05) is 36.4 Å². The van der Waals surface area contributed by atoms with E-state index in [1.54, 1.807) is 24.3 Å². The molecule has 8 heteroatoms. The maximum Gasteiger partial charge on any atom is 0.253 e. The highest BCUT2D eigenvalue weighted by molar-refractivity contribution is 7.92. The van der Waals surface area contributed by atoms with Gasteiger partial charge in [-0.15, -0.1) is 0 Å². The minimum Gasteiger partial charge on any atom is -0.379 e. The van der Waals surface area contributed by atoms with Crippen molar-refractivity contribution in [3.63, 3.8) is 0 Å². The number of ether oxygens (including phenoxy) is 1. The number of anilines is 1. The molecule has 29 heavy (non-hydrogen) atoms. The number of hydrogen-bond donors (Lipinski definition) is 1. The second-order valence-corrected chi connectivity index (χ2v) is 9.15. The second-order valence-electron chi connectivity index (χ2n) is 7.14. The smallest absolute Gasteiger partial charge is 0.253 e. The molecule has 0 spiro atoms. The summed E-state index contributed by atoms with van der Waals surface area (Å²) >= 11 is 0. The molecule has 0 aliphatic carbocycles. The van der Waals surface area contributed by atoms with E-state index in [2.05, 4.69) is 22.3 Å². The van der Waals surface area contributed by atoms with Crippen LogP contribution in [-0.2, 0) is 27.8 Å². The maximum absolute atomic E-state index is 12.7. The Labute approximate surface area is 172 Å². The normalized spacial score (nSPS) is 15.1. The molecule has 0 atom stereocenters. The Morgan fingerprint density at radius 3 is 2.52 bits per heavy atom. The van der Waals surface area contributed by atoms with Gasteiger partial charge in [0.15, 0.2) is 0 Å². The molecule has 1 fully saturated rings. The predicted octanol–water partition coefficient (Wildman–Crippen LogP) is 1.84. The summed E-state index contributed by atoms with van der Waals surface area (Å²) in [6.45, 7) is 4.59. The number of nitrogens with zero attached hydrogens (tertiary/aromatic N) is 2. The van der Waals surface area contributed by atoms with E-state index in [1.165, 1.54) is 12.6 Å². The number of rotatable bonds is 7. The first-order valence-corrected chi connectivity index (χ1v) is 11.4. The van der Waals surface area contributed by atoms with Crippen LogP contribution in [0.2, 0.25) is 0 Å². The largest absolute Gasteiger partial charge is 0.379 e. The molecule has 2 aromatic rings. The summed E-state index contributed by atoms with van der Waals surface area (Å²) in [5.41, 5.74) is 2.87. The van der Waals surface area contributed by atoms with E-state index in [9.17, 15) is 13.2 Å². The third-order valence-corrected chi connectivity index (χ3v) is 6.13. The summed E-state index contributed by atoms with van der Waals surface area (Å²) in [6, 6.07) is 14.8. The molecular formula is C21H27N3O4S. The number of benzene rings is 2. The van der Waals surface area contributed by atoms with E-state index >= 15 is 0 Å². The zero-order valence-electron chi connectivity index (χ0n) is 16.8. The van der Waals surface area contributed by atoms with Crippen molar-refractivity contribution in [1.82, 2.24) is 10.2 Å². The third-order valence-electron chi connectivity index (χ3n) is 4.94. The Hall–Kier alpha value is -2.42. The lowest BCUT2D eigenvalue weighted by molar-refractivity contribution is 0.0342. The average Bonchev–Trinajstić information content (AvgIpc) is 2.72. The Morgan fingerprint density at radius 2 is 1.79 bits per heavy atom. The molecule has 2 aromatic carbocycles. The van der Waals surface area contributed by atoms with Crippen LogP contribution in [0.5, 0.6) is 0 Å². The molecule has 0 aromatic heterocycles. The minimum absolute atomic E-state index is 0.310. The number of carbonyl (C=O) groups is 1. The molecule has 3 rings (SSSR count). The van der Waals surface area contributed by atoms with E-state index in [0.29, 0.717) is 17.8 Å². The van der Waals surface area contributed by atoms with E-state index in [4.69, 9.17) is 4.74 Å². The van der Waals surface area contributed by atoms with E-state index < -0.39 is 10.0 Å². The van der Waals surface area contributed by atoms with Crippen molar-refractivity contribution in [3.05, 3.63) is 65.2 Å². The molecule has 1 amide bonds. The molecule has 156 valence electrons. The highest BCUT2D eigenvalue weighted by atomic mass is 32.2. The van der Waals surface area contributed by atoms with Gasteiger partial charge in [0.2, 0.25) is 10.0 Å². The fraction of sp³-hybridized carbons (Fsp3) is 0.381. The molecule has 1 aliphatic heterocycles. The van der Waals surface area contributed by atoms with Gasteiger partial charge in [-0.05, 0) is 23.3 Å². The monoisotopic (exact) mass is 417 g/mol. The van der Waals surface area contributed by atoms with Gasteiger partial charge in [0, 0.05) is 33.2 Å². The van der Waals surface area contributed by atoms with Crippen LogP contribution in [-0.4, -0.2) is 58.8 Å². The van der Waals surface area contributed by atoms with E-state index in [-0.39, 0.29) is 5.91 Å². The molecule has 1 aliphatic rings. The van der Waals surface area contributed by atoms with Gasteiger partial charge >= 0.3 is 0 Å². The summed E-state index contributed by atoms with van der Waals surface area (Å²) < 4.78 is 30.2. The molecule has 1 saturated heterocycles. The van der Waals surface area contributed by atoms with Crippen molar-refractivity contribution in [2.24, 2.45) is 0 Å². The molecule has 7 nitrogen and oxygen atoms in total. The van der Waals surface area contributed by atoms with Crippen molar-refractivity contribution < 1.29 is 17.9 Å². The maximum atomic E-state index is 12.7. The predicted molar refractivity (Wildman–Crippen MR) is 113 cm³/mol. The summed E-state index contributed by atoms with van der Waals surface area (Å²) in [7, 11) is -2.02. The lowest BCUT2D eigenvalue weighted by atomic mass is 10.1. The van der Waals surface area contributed by atoms with Gasteiger partial charge in [0.25, 0.3) is 5.91 Å². The number of carbonyl (C=O) groups excluding carboxylic acids is 1. The van der Waals surface area contributed by atoms with Gasteiger partial charge in [-0.3, -0.25) is 14.0 Å². The molecular weight excluding hydrogens is 390 g/mol. The summed E-state index contributed by atoms with van der Waals surface area (Å²) in [6.07, 6.45) is 1.11. The van der Waals surface area contributed by atoms with Gasteiger partial charge in [-0.25, -0.2) is 8.42 Å². The SMILES string of the molecule is CN(c1ccccc1C(=O)NCc1cccc(CN2CCOCC2)c1)S(C)(=O)=O. The highest BCUT2D eigenvalue weighted by Crippen LogP contribution is 2.21. The van der Waals surface area contributed by atoms with Crippen molar-refractivity contribution in [2.45, 2.75) is 13.1 Å². The zero-order valence-corrected chi connectivity index (χ0v) is 17.6. The fourth-order valence-corrected chi connectivity index (χ4v) is 3.77. The Balaban J connectivity index is 1.66. The molecule has 1 N–H and O–H groups in total. The Morgan fingerprint density at radius 1 is 1.10 bits per heavy atom. The number of morpholine rings is 1. The van der Waals surface area contributed by atoms with Crippen LogP contribution in [0.3, 0.4) is 0 Å². The lowest BCUT2D eigenvalue weighted by Crippen LogP contribution is -2.35. The Bertz CT molecular complexity index is 956. The highest BCUT2D eigenvalue weighted by Gasteiger charge is 2.19. The Kier molecular flexibility index (Phi) is 6.89. The second kappa shape index (κ2) is 9.39. The van der Waals surface area contributed by atoms with Crippen LogP contribution < -0.4 is 9.62 Å². The molecule has 0 bridgehead atoms. The number of nitrogens with one attached hydrogen (secondary N) is 1. The van der Waals surface area contributed by atoms with Crippen molar-refractivity contribution >= 4 is 21.6 Å². The molecule has 0 saturated carbocycles. The minimum atomic E-state index is -3.46. The summed E-state index contributed by atoms with van der Waals surface area (Å²) in [4.78, 5) is 15.1. The van der Waals surface area contributed by atoms with Crippen molar-refractivity contribution in [3.8, 4) is 0 Å². The standard InChI is InChI=1S/C21H27N3O4S/c1-23(29(2,26)27)20-9-4-3-8-19(20)21(25)22-15-17-6-5-7-18(14-17)16-24-10-12-28-13-11-24/h3-9,14H,10-13,15-16H2,1-2H3,(H,22,25). The van der Waals surface area contributed by atoms with Gasteiger partial charge < -0.3 is 10.1 Å². The van der Waals surface area contributed by atoms with Crippen LogP contribution in [0.4, 0.5) is 5.69 Å². The first-order chi connectivity index (χ1) is 13.8. The van der Waals surface area contributed by atoms with Crippen LogP contribution in [0.15, 0.2) is 48.5 Å². The summed E-state index contributed by atoms with van der Waals surface area (Å²) in [5, 5.41) is 2.90. The average molecular weight is 418 g/mol. The topological polar surface area (TPSA) is 79.0 Å². The number of amides is 1. The lowest BCUT2D eigenvalue weighted by Gasteiger charge is -2.26. The number of hydrogen-bond acceptors (Lipinski definition) is 5. The quantitative estimate of drug-likeness (QED) is 0.744. The van der Waals surface area contributed by atoms with Gasteiger partial charge in [0.1, 0.15) is 0 Å².